The van der Waals surface area contributed by atoms with Crippen LogP contribution in [0.4, 0.5) is 5.69 Å². The molecule has 0 aliphatic carbocycles. The van der Waals surface area contributed by atoms with Crippen molar-refractivity contribution in [3.05, 3.63) is 66.7 Å². The van der Waals surface area contributed by atoms with E-state index in [1.54, 1.807) is 43.7 Å². The number of anilines is 1. The Bertz CT molecular complexity index is 815. The average Bonchev–Trinajstić information content (AvgIpc) is 3.04. The van der Waals surface area contributed by atoms with E-state index in [9.17, 15) is 9.90 Å². The molecule has 0 saturated carbocycles. The van der Waals surface area contributed by atoms with Crippen LogP contribution in [0.2, 0.25) is 0 Å². The third-order valence-electron chi connectivity index (χ3n) is 3.52. The van der Waals surface area contributed by atoms with E-state index in [0.717, 1.165) is 0 Å². The van der Waals surface area contributed by atoms with Gasteiger partial charge in [-0.05, 0) is 18.6 Å². The standard InChI is InChI=1S/C17H17N5O2/c1-17(24,13-6-3-2-4-7-13)10-15(23)21-14-11-20-22(12-14)16-18-8-5-9-19-16/h2-9,11-12,24H,10H2,1H3,(H,21,23). The Labute approximate surface area is 139 Å². The van der Waals surface area contributed by atoms with Crippen LogP contribution in [0.15, 0.2) is 61.2 Å². The lowest BCUT2D eigenvalue weighted by molar-refractivity contribution is -0.120. The van der Waals surface area contributed by atoms with Gasteiger partial charge in [-0.15, -0.1) is 0 Å². The smallest absolute Gasteiger partial charge is 0.250 e. The van der Waals surface area contributed by atoms with Gasteiger partial charge in [-0.3, -0.25) is 4.79 Å². The Morgan fingerprint density at radius 2 is 1.92 bits per heavy atom. The van der Waals surface area contributed by atoms with Crippen molar-refractivity contribution < 1.29 is 9.90 Å². The predicted molar refractivity (Wildman–Crippen MR) is 88.4 cm³/mol. The second-order valence-electron chi connectivity index (χ2n) is 5.59. The van der Waals surface area contributed by atoms with E-state index in [1.807, 2.05) is 18.2 Å². The van der Waals surface area contributed by atoms with Crippen LogP contribution in [-0.4, -0.2) is 30.8 Å². The van der Waals surface area contributed by atoms with E-state index in [2.05, 4.69) is 20.4 Å². The van der Waals surface area contributed by atoms with Gasteiger partial charge < -0.3 is 10.4 Å². The highest BCUT2D eigenvalue weighted by molar-refractivity contribution is 5.91. The summed E-state index contributed by atoms with van der Waals surface area (Å²) >= 11 is 0. The molecule has 2 N–H and O–H groups in total. The van der Waals surface area contributed by atoms with Gasteiger partial charge in [-0.2, -0.15) is 5.10 Å². The van der Waals surface area contributed by atoms with Crippen LogP contribution in [0.3, 0.4) is 0 Å². The van der Waals surface area contributed by atoms with Crippen LogP contribution in [-0.2, 0) is 10.4 Å². The number of nitrogens with zero attached hydrogens (tertiary/aromatic N) is 4. The molecule has 7 nitrogen and oxygen atoms in total. The first-order valence-electron chi connectivity index (χ1n) is 7.44. The second-order valence-corrected chi connectivity index (χ2v) is 5.59. The van der Waals surface area contributed by atoms with Gasteiger partial charge in [-0.25, -0.2) is 14.6 Å². The first-order chi connectivity index (χ1) is 11.5. The molecule has 24 heavy (non-hydrogen) atoms. The molecule has 1 atom stereocenters. The minimum Gasteiger partial charge on any atom is -0.385 e. The van der Waals surface area contributed by atoms with Crippen LogP contribution >= 0.6 is 0 Å². The van der Waals surface area contributed by atoms with Crippen molar-refractivity contribution in [2.75, 3.05) is 5.32 Å². The molecule has 3 rings (SSSR count). The van der Waals surface area contributed by atoms with Crippen molar-refractivity contribution in [1.29, 1.82) is 0 Å². The lowest BCUT2D eigenvalue weighted by Gasteiger charge is -2.23. The van der Waals surface area contributed by atoms with E-state index < -0.39 is 5.60 Å². The zero-order valence-electron chi connectivity index (χ0n) is 13.1. The lowest BCUT2D eigenvalue weighted by Crippen LogP contribution is -2.28. The summed E-state index contributed by atoms with van der Waals surface area (Å²) in [6.07, 6.45) is 6.28. The summed E-state index contributed by atoms with van der Waals surface area (Å²) in [4.78, 5) is 20.4. The quantitative estimate of drug-likeness (QED) is 0.748. The van der Waals surface area contributed by atoms with Gasteiger partial charge in [0.1, 0.15) is 0 Å². The topological polar surface area (TPSA) is 92.9 Å². The van der Waals surface area contributed by atoms with Gasteiger partial charge in [0.25, 0.3) is 0 Å². The molecule has 0 aliphatic heterocycles. The van der Waals surface area contributed by atoms with Crippen molar-refractivity contribution in [2.24, 2.45) is 0 Å². The molecule has 0 saturated heterocycles. The van der Waals surface area contributed by atoms with Gasteiger partial charge >= 0.3 is 0 Å². The first kappa shape index (κ1) is 15.8. The molecule has 2 aromatic heterocycles. The van der Waals surface area contributed by atoms with Crippen LogP contribution < -0.4 is 5.32 Å². The number of hydrogen-bond donors (Lipinski definition) is 2. The van der Waals surface area contributed by atoms with Crippen LogP contribution in [0.25, 0.3) is 5.95 Å². The molecular weight excluding hydrogens is 306 g/mol. The number of hydrogen-bond acceptors (Lipinski definition) is 5. The third kappa shape index (κ3) is 3.64. The molecule has 1 unspecified atom stereocenters. The van der Waals surface area contributed by atoms with Crippen LogP contribution in [0, 0.1) is 0 Å². The number of nitrogens with one attached hydrogen (secondary N) is 1. The SMILES string of the molecule is CC(O)(CC(=O)Nc1cnn(-c2ncccn2)c1)c1ccccc1. The number of carbonyl (C=O) groups excluding carboxylic acids is 1. The fourth-order valence-corrected chi connectivity index (χ4v) is 2.32. The van der Waals surface area contributed by atoms with Crippen LogP contribution in [0.1, 0.15) is 18.9 Å². The number of amides is 1. The van der Waals surface area contributed by atoms with Crippen LogP contribution in [0.5, 0.6) is 0 Å². The van der Waals surface area contributed by atoms with E-state index in [1.165, 1.54) is 10.9 Å². The molecule has 0 spiro atoms. The highest BCUT2D eigenvalue weighted by Gasteiger charge is 2.26. The molecule has 0 fully saturated rings. The Kier molecular flexibility index (Phi) is 4.35. The Morgan fingerprint density at radius 3 is 2.62 bits per heavy atom. The summed E-state index contributed by atoms with van der Waals surface area (Å²) in [6, 6.07) is 10.8. The van der Waals surface area contributed by atoms with Crippen molar-refractivity contribution in [1.82, 2.24) is 19.7 Å². The maximum atomic E-state index is 12.2. The van der Waals surface area contributed by atoms with Gasteiger partial charge in [0, 0.05) is 12.4 Å². The minimum absolute atomic E-state index is 0.0654. The largest absolute Gasteiger partial charge is 0.385 e. The van der Waals surface area contributed by atoms with E-state index in [-0.39, 0.29) is 12.3 Å². The van der Waals surface area contributed by atoms with Gasteiger partial charge in [0.15, 0.2) is 0 Å². The van der Waals surface area contributed by atoms with Gasteiger partial charge in [0.05, 0.1) is 30.1 Å². The van der Waals surface area contributed by atoms with Gasteiger partial charge in [0.2, 0.25) is 11.9 Å². The summed E-state index contributed by atoms with van der Waals surface area (Å²) in [5, 5.41) is 17.3. The number of carbonyl (C=O) groups is 1. The summed E-state index contributed by atoms with van der Waals surface area (Å²) in [6.45, 7) is 1.61. The molecule has 0 radical (unpaired) electrons. The molecule has 7 heteroatoms. The van der Waals surface area contributed by atoms with Crippen molar-refractivity contribution in [3.63, 3.8) is 0 Å². The molecule has 2 heterocycles. The van der Waals surface area contributed by atoms with E-state index in [4.69, 9.17) is 0 Å². The monoisotopic (exact) mass is 323 g/mol. The summed E-state index contributed by atoms with van der Waals surface area (Å²) < 4.78 is 1.46. The summed E-state index contributed by atoms with van der Waals surface area (Å²) in [5.74, 6) is 0.103. The second kappa shape index (κ2) is 6.59. The van der Waals surface area contributed by atoms with Crippen molar-refractivity contribution in [3.8, 4) is 5.95 Å². The van der Waals surface area contributed by atoms with E-state index in [0.29, 0.717) is 17.2 Å². The van der Waals surface area contributed by atoms with E-state index >= 15 is 0 Å². The maximum absolute atomic E-state index is 12.2. The Morgan fingerprint density at radius 1 is 1.21 bits per heavy atom. The minimum atomic E-state index is -1.25. The summed E-state index contributed by atoms with van der Waals surface area (Å²) in [7, 11) is 0. The van der Waals surface area contributed by atoms with Gasteiger partial charge in [-0.1, -0.05) is 30.3 Å². The molecule has 1 aromatic carbocycles. The number of rotatable bonds is 5. The zero-order chi connectivity index (χ0) is 17.0. The highest BCUT2D eigenvalue weighted by Crippen LogP contribution is 2.24. The first-order valence-corrected chi connectivity index (χ1v) is 7.44. The van der Waals surface area contributed by atoms with Crippen molar-refractivity contribution >= 4 is 11.6 Å². The third-order valence-corrected chi connectivity index (χ3v) is 3.52. The lowest BCUT2D eigenvalue weighted by atomic mass is 9.92. The normalized spacial score (nSPS) is 13.2. The number of benzene rings is 1. The highest BCUT2D eigenvalue weighted by atomic mass is 16.3. The fraction of sp³-hybridized carbons (Fsp3) is 0.176. The zero-order valence-corrected chi connectivity index (χ0v) is 13.1. The fourth-order valence-electron chi connectivity index (χ4n) is 2.32. The Hall–Kier alpha value is -3.06. The average molecular weight is 323 g/mol. The predicted octanol–water partition coefficient (Wildman–Crippen LogP) is 1.90. The number of aliphatic hydroxyl groups is 1. The summed E-state index contributed by atoms with van der Waals surface area (Å²) in [5.41, 5.74) is -0.0472. The molecular formula is C17H17N5O2. The maximum Gasteiger partial charge on any atom is 0.250 e. The number of aromatic nitrogens is 4. The van der Waals surface area contributed by atoms with Crippen molar-refractivity contribution in [2.45, 2.75) is 18.9 Å². The molecule has 0 aliphatic rings. The molecule has 0 bridgehead atoms. The molecule has 122 valence electrons. The molecule has 1 amide bonds. The Balaban J connectivity index is 1.66. The molecule has 3 aromatic rings.